The van der Waals surface area contributed by atoms with Crippen molar-refractivity contribution >= 4 is 0 Å². The lowest BCUT2D eigenvalue weighted by Crippen LogP contribution is -2.21. The molecule has 0 bridgehead atoms. The van der Waals surface area contributed by atoms with Crippen LogP contribution in [0.1, 0.15) is 29.7 Å². The van der Waals surface area contributed by atoms with Crippen molar-refractivity contribution < 1.29 is 14.2 Å². The van der Waals surface area contributed by atoms with E-state index >= 15 is 0 Å². The zero-order chi connectivity index (χ0) is 14.7. The van der Waals surface area contributed by atoms with Crippen LogP contribution in [0.4, 0.5) is 4.39 Å². The Balaban J connectivity index is 2.08. The Labute approximate surface area is 118 Å². The largest absolute Gasteiger partial charge is 0.488 e. The van der Waals surface area contributed by atoms with Gasteiger partial charge in [0.25, 0.3) is 0 Å². The highest BCUT2D eigenvalue weighted by Crippen LogP contribution is 2.23. The third-order valence-corrected chi connectivity index (χ3v) is 3.31. The molecule has 0 fully saturated rings. The van der Waals surface area contributed by atoms with Crippen molar-refractivity contribution in [3.05, 3.63) is 65.0 Å². The highest BCUT2D eigenvalue weighted by atomic mass is 19.1. The summed E-state index contributed by atoms with van der Waals surface area (Å²) in [5.74, 6) is 0.298. The van der Waals surface area contributed by atoms with Gasteiger partial charge in [-0.05, 0) is 50.1 Å². The summed E-state index contributed by atoms with van der Waals surface area (Å²) in [6.07, 6.45) is -1.14. The minimum Gasteiger partial charge on any atom is -0.488 e. The van der Waals surface area contributed by atoms with Crippen LogP contribution >= 0.6 is 0 Å². The van der Waals surface area contributed by atoms with Gasteiger partial charge in [0.1, 0.15) is 23.8 Å². The summed E-state index contributed by atoms with van der Waals surface area (Å²) in [5, 5.41) is 10.3. The van der Waals surface area contributed by atoms with Crippen molar-refractivity contribution in [2.24, 2.45) is 0 Å². The van der Waals surface area contributed by atoms with E-state index in [1.165, 1.54) is 6.07 Å². The summed E-state index contributed by atoms with van der Waals surface area (Å²) >= 11 is 0. The normalized spacial score (nSPS) is 13.8. The van der Waals surface area contributed by atoms with Gasteiger partial charge in [-0.2, -0.15) is 0 Å². The Hall–Kier alpha value is -1.87. The Kier molecular flexibility index (Phi) is 4.40. The van der Waals surface area contributed by atoms with Crippen molar-refractivity contribution in [2.75, 3.05) is 0 Å². The van der Waals surface area contributed by atoms with Crippen LogP contribution in [0, 0.1) is 19.7 Å². The summed E-state index contributed by atoms with van der Waals surface area (Å²) < 4.78 is 18.9. The van der Waals surface area contributed by atoms with Crippen LogP contribution < -0.4 is 4.74 Å². The van der Waals surface area contributed by atoms with Gasteiger partial charge in [0.15, 0.2) is 0 Å². The van der Waals surface area contributed by atoms with E-state index in [1.807, 2.05) is 31.2 Å². The smallest absolute Gasteiger partial charge is 0.126 e. The van der Waals surface area contributed by atoms with E-state index < -0.39 is 12.2 Å². The fraction of sp³-hybridized carbons (Fsp3) is 0.294. The van der Waals surface area contributed by atoms with Gasteiger partial charge < -0.3 is 9.84 Å². The van der Waals surface area contributed by atoms with E-state index in [0.717, 1.165) is 11.1 Å². The molecule has 2 aromatic carbocycles. The van der Waals surface area contributed by atoms with Crippen LogP contribution in [-0.2, 0) is 0 Å². The van der Waals surface area contributed by atoms with Crippen LogP contribution in [0.2, 0.25) is 0 Å². The van der Waals surface area contributed by atoms with Crippen LogP contribution in [0.15, 0.2) is 42.5 Å². The number of hydrogen-bond acceptors (Lipinski definition) is 2. The molecule has 2 aromatic rings. The van der Waals surface area contributed by atoms with E-state index in [1.54, 1.807) is 26.0 Å². The molecule has 2 nitrogen and oxygen atoms in total. The van der Waals surface area contributed by atoms with E-state index in [-0.39, 0.29) is 5.82 Å². The molecular formula is C17H19FO2. The van der Waals surface area contributed by atoms with Gasteiger partial charge in [0.05, 0.1) is 0 Å². The second-order valence-electron chi connectivity index (χ2n) is 5.09. The average Bonchev–Trinajstić information content (AvgIpc) is 2.43. The third-order valence-electron chi connectivity index (χ3n) is 3.31. The van der Waals surface area contributed by atoms with Crippen molar-refractivity contribution in [1.29, 1.82) is 0 Å². The molecule has 0 heterocycles. The molecule has 0 radical (unpaired) electrons. The standard InChI is InChI=1S/C17H19FO2/c1-11-4-6-14(7-5-11)17(19)13(3)20-15-8-9-16(18)12(2)10-15/h4-10,13,17,19H,1-3H3. The molecule has 0 aromatic heterocycles. The lowest BCUT2D eigenvalue weighted by Gasteiger charge is -2.21. The summed E-state index contributed by atoms with van der Waals surface area (Å²) in [6, 6.07) is 12.2. The van der Waals surface area contributed by atoms with Gasteiger partial charge in [0, 0.05) is 0 Å². The minimum absolute atomic E-state index is 0.260. The molecule has 0 spiro atoms. The van der Waals surface area contributed by atoms with Crippen molar-refractivity contribution in [2.45, 2.75) is 33.0 Å². The van der Waals surface area contributed by atoms with Gasteiger partial charge in [-0.3, -0.25) is 0 Å². The highest BCUT2D eigenvalue weighted by Gasteiger charge is 2.18. The molecule has 0 amide bonds. The molecule has 0 aliphatic heterocycles. The van der Waals surface area contributed by atoms with Crippen molar-refractivity contribution in [1.82, 2.24) is 0 Å². The molecule has 106 valence electrons. The topological polar surface area (TPSA) is 29.5 Å². The first-order valence-electron chi connectivity index (χ1n) is 6.65. The second kappa shape index (κ2) is 6.06. The first kappa shape index (κ1) is 14.5. The number of hydrogen-bond donors (Lipinski definition) is 1. The van der Waals surface area contributed by atoms with Crippen LogP contribution in [0.3, 0.4) is 0 Å². The molecule has 2 rings (SSSR count). The maximum Gasteiger partial charge on any atom is 0.126 e. The number of ether oxygens (including phenoxy) is 1. The Morgan fingerprint density at radius 3 is 2.30 bits per heavy atom. The molecule has 20 heavy (non-hydrogen) atoms. The molecule has 2 unspecified atom stereocenters. The summed E-state index contributed by atoms with van der Waals surface area (Å²) in [5.41, 5.74) is 2.48. The molecule has 0 aliphatic carbocycles. The summed E-state index contributed by atoms with van der Waals surface area (Å²) in [4.78, 5) is 0. The third kappa shape index (κ3) is 3.36. The number of benzene rings is 2. The molecule has 0 saturated carbocycles. The maximum absolute atomic E-state index is 13.2. The average molecular weight is 274 g/mol. The van der Waals surface area contributed by atoms with Gasteiger partial charge in [-0.15, -0.1) is 0 Å². The zero-order valence-electron chi connectivity index (χ0n) is 11.9. The second-order valence-corrected chi connectivity index (χ2v) is 5.09. The van der Waals surface area contributed by atoms with Gasteiger partial charge in [-0.1, -0.05) is 29.8 Å². The Morgan fingerprint density at radius 2 is 1.70 bits per heavy atom. The van der Waals surface area contributed by atoms with Gasteiger partial charge >= 0.3 is 0 Å². The summed E-state index contributed by atoms with van der Waals surface area (Å²) in [6.45, 7) is 5.48. The molecule has 0 aliphatic rings. The molecular weight excluding hydrogens is 255 g/mol. The Bertz CT molecular complexity index is 578. The van der Waals surface area contributed by atoms with E-state index in [4.69, 9.17) is 4.74 Å². The fourth-order valence-corrected chi connectivity index (χ4v) is 2.00. The maximum atomic E-state index is 13.2. The van der Waals surface area contributed by atoms with Crippen LogP contribution in [0.25, 0.3) is 0 Å². The number of aliphatic hydroxyl groups is 1. The predicted molar refractivity (Wildman–Crippen MR) is 77.4 cm³/mol. The first-order valence-corrected chi connectivity index (χ1v) is 6.65. The molecule has 2 atom stereocenters. The summed E-state index contributed by atoms with van der Waals surface area (Å²) in [7, 11) is 0. The predicted octanol–water partition coefficient (Wildman–Crippen LogP) is 3.94. The van der Waals surface area contributed by atoms with Crippen LogP contribution in [-0.4, -0.2) is 11.2 Å². The van der Waals surface area contributed by atoms with Crippen molar-refractivity contribution in [3.8, 4) is 5.75 Å². The fourth-order valence-electron chi connectivity index (χ4n) is 2.00. The Morgan fingerprint density at radius 1 is 1.05 bits per heavy atom. The molecule has 1 N–H and O–H groups in total. The number of halogens is 1. The lowest BCUT2D eigenvalue weighted by molar-refractivity contribution is 0.0467. The minimum atomic E-state index is -0.721. The zero-order valence-corrected chi connectivity index (χ0v) is 11.9. The molecule has 0 saturated heterocycles. The van der Waals surface area contributed by atoms with E-state index in [9.17, 15) is 9.50 Å². The highest BCUT2D eigenvalue weighted by molar-refractivity contribution is 5.29. The first-order chi connectivity index (χ1) is 9.47. The van der Waals surface area contributed by atoms with Gasteiger partial charge in [-0.25, -0.2) is 4.39 Å². The van der Waals surface area contributed by atoms with E-state index in [2.05, 4.69) is 0 Å². The van der Waals surface area contributed by atoms with Crippen LogP contribution in [0.5, 0.6) is 5.75 Å². The van der Waals surface area contributed by atoms with Gasteiger partial charge in [0.2, 0.25) is 0 Å². The monoisotopic (exact) mass is 274 g/mol. The number of aliphatic hydroxyl groups excluding tert-OH is 1. The SMILES string of the molecule is Cc1ccc(C(O)C(C)Oc2ccc(F)c(C)c2)cc1. The number of rotatable bonds is 4. The lowest BCUT2D eigenvalue weighted by atomic mass is 10.0. The van der Waals surface area contributed by atoms with E-state index in [0.29, 0.717) is 11.3 Å². The van der Waals surface area contributed by atoms with Crippen molar-refractivity contribution in [3.63, 3.8) is 0 Å². The quantitative estimate of drug-likeness (QED) is 0.915. The molecule has 3 heteroatoms. The number of aryl methyl sites for hydroxylation is 2.